The van der Waals surface area contributed by atoms with Crippen molar-refractivity contribution in [3.8, 4) is 73.0 Å². The van der Waals surface area contributed by atoms with Gasteiger partial charge in [0.05, 0.1) is 33.8 Å². The minimum atomic E-state index is -0.126. The van der Waals surface area contributed by atoms with Crippen LogP contribution in [0.4, 0.5) is 0 Å². The predicted octanol–water partition coefficient (Wildman–Crippen LogP) is 14.2. The molecule has 0 fully saturated rings. The Hall–Kier alpha value is -7.36. The Morgan fingerprint density at radius 2 is 0.793 bits per heavy atom. The zero-order chi connectivity index (χ0) is 38.8. The maximum Gasteiger partial charge on any atom is 0.0974 e. The Morgan fingerprint density at radius 1 is 0.345 bits per heavy atom. The maximum absolute atomic E-state index is 5.68. The summed E-state index contributed by atoms with van der Waals surface area (Å²) in [6.07, 6.45) is 0. The number of hydrogen-bond acceptors (Lipinski definition) is 2. The molecule has 11 rings (SSSR count). The third-order valence-corrected chi connectivity index (χ3v) is 12.0. The van der Waals surface area contributed by atoms with E-state index in [2.05, 4.69) is 213 Å². The summed E-state index contributed by atoms with van der Waals surface area (Å²) in [5.74, 6) is 0. The van der Waals surface area contributed by atoms with Crippen LogP contribution >= 0.6 is 0 Å². The van der Waals surface area contributed by atoms with Crippen molar-refractivity contribution in [2.45, 2.75) is 19.3 Å². The van der Waals surface area contributed by atoms with E-state index < -0.39 is 0 Å². The van der Waals surface area contributed by atoms with Crippen LogP contribution < -0.4 is 0 Å². The van der Waals surface area contributed by atoms with Gasteiger partial charge in [0.15, 0.2) is 0 Å². The van der Waals surface area contributed by atoms with E-state index in [1.807, 2.05) is 6.07 Å². The van der Waals surface area contributed by atoms with E-state index in [-0.39, 0.29) is 5.41 Å². The minimum Gasteiger partial charge on any atom is -0.309 e. The molecule has 0 atom stereocenters. The quantitative estimate of drug-likeness (QED) is 0.170. The normalized spacial score (nSPS) is 12.8. The maximum atomic E-state index is 5.68. The number of hydrogen-bond donors (Lipinski definition) is 0. The SMILES string of the molecule is CC1(C)c2ccccc2-c2ccc(-c3cc(-c4nc(-c5ccccc5)c(-c5ccccc5)nc4-c4ccccc4)cc(-n4c5ccccc5c5ccccc54)c3)cc21. The first-order valence-corrected chi connectivity index (χ1v) is 20.0. The molecule has 8 aromatic carbocycles. The molecule has 10 aromatic rings. The van der Waals surface area contributed by atoms with Gasteiger partial charge in [0.2, 0.25) is 0 Å². The van der Waals surface area contributed by atoms with Crippen molar-refractivity contribution in [2.75, 3.05) is 0 Å². The Bertz CT molecular complexity index is 3120. The second-order valence-corrected chi connectivity index (χ2v) is 15.8. The molecule has 0 aliphatic heterocycles. The van der Waals surface area contributed by atoms with E-state index >= 15 is 0 Å². The number of aromatic nitrogens is 3. The molecule has 0 spiro atoms. The van der Waals surface area contributed by atoms with Crippen molar-refractivity contribution in [3.05, 3.63) is 211 Å². The summed E-state index contributed by atoms with van der Waals surface area (Å²) in [6, 6.07) is 71.7. The van der Waals surface area contributed by atoms with Crippen molar-refractivity contribution in [3.63, 3.8) is 0 Å². The first-order valence-electron chi connectivity index (χ1n) is 20.0. The highest BCUT2D eigenvalue weighted by atomic mass is 15.0. The number of fused-ring (bicyclic) bond motifs is 6. The summed E-state index contributed by atoms with van der Waals surface area (Å²) in [6.45, 7) is 4.70. The first-order chi connectivity index (χ1) is 28.5. The van der Waals surface area contributed by atoms with E-state index in [0.717, 1.165) is 67.3 Å². The van der Waals surface area contributed by atoms with Gasteiger partial charge >= 0.3 is 0 Å². The highest BCUT2D eigenvalue weighted by molar-refractivity contribution is 6.09. The molecule has 0 bridgehead atoms. The number of benzene rings is 8. The van der Waals surface area contributed by atoms with Crippen molar-refractivity contribution in [1.29, 1.82) is 0 Å². The molecule has 2 heterocycles. The van der Waals surface area contributed by atoms with Crippen LogP contribution in [-0.4, -0.2) is 14.5 Å². The van der Waals surface area contributed by atoms with E-state index in [1.54, 1.807) is 0 Å². The molecule has 3 nitrogen and oxygen atoms in total. The average molecular weight is 742 g/mol. The predicted molar refractivity (Wildman–Crippen MR) is 241 cm³/mol. The minimum absolute atomic E-state index is 0.126. The van der Waals surface area contributed by atoms with Crippen LogP contribution in [0.15, 0.2) is 200 Å². The summed E-state index contributed by atoms with van der Waals surface area (Å²) in [7, 11) is 0. The highest BCUT2D eigenvalue weighted by Gasteiger charge is 2.35. The molecule has 2 aromatic heterocycles. The van der Waals surface area contributed by atoms with Crippen LogP contribution in [-0.2, 0) is 5.41 Å². The van der Waals surface area contributed by atoms with Gasteiger partial charge in [0.1, 0.15) is 0 Å². The van der Waals surface area contributed by atoms with E-state index in [0.29, 0.717) is 0 Å². The van der Waals surface area contributed by atoms with E-state index in [4.69, 9.17) is 9.97 Å². The van der Waals surface area contributed by atoms with E-state index in [9.17, 15) is 0 Å². The van der Waals surface area contributed by atoms with Gasteiger partial charge in [-0.25, -0.2) is 9.97 Å². The van der Waals surface area contributed by atoms with Crippen LogP contribution in [0.1, 0.15) is 25.0 Å². The highest BCUT2D eigenvalue weighted by Crippen LogP contribution is 2.50. The van der Waals surface area contributed by atoms with Crippen LogP contribution in [0, 0.1) is 0 Å². The molecule has 1 aliphatic carbocycles. The van der Waals surface area contributed by atoms with Crippen LogP contribution in [0.25, 0.3) is 94.8 Å². The van der Waals surface area contributed by atoms with E-state index in [1.165, 1.54) is 38.6 Å². The zero-order valence-electron chi connectivity index (χ0n) is 32.4. The summed E-state index contributed by atoms with van der Waals surface area (Å²) in [5, 5.41) is 2.45. The van der Waals surface area contributed by atoms with Gasteiger partial charge in [-0.3, -0.25) is 0 Å². The molecule has 274 valence electrons. The molecule has 3 heteroatoms. The molecule has 0 N–H and O–H groups in total. The number of nitrogens with zero attached hydrogens (tertiary/aromatic N) is 3. The number of rotatable bonds is 6. The first kappa shape index (κ1) is 33.9. The van der Waals surface area contributed by atoms with Gasteiger partial charge in [0.25, 0.3) is 0 Å². The summed E-state index contributed by atoms with van der Waals surface area (Å²) in [5.41, 5.74) is 18.4. The largest absolute Gasteiger partial charge is 0.309 e. The van der Waals surface area contributed by atoms with Gasteiger partial charge in [-0.1, -0.05) is 178 Å². The Labute approximate surface area is 338 Å². The van der Waals surface area contributed by atoms with Gasteiger partial charge in [-0.05, 0) is 69.8 Å². The molecule has 0 saturated heterocycles. The summed E-state index contributed by atoms with van der Waals surface area (Å²) >= 11 is 0. The summed E-state index contributed by atoms with van der Waals surface area (Å²) in [4.78, 5) is 11.3. The zero-order valence-corrected chi connectivity index (χ0v) is 32.4. The Balaban J connectivity index is 1.22. The molecular formula is C55H39N3. The van der Waals surface area contributed by atoms with Gasteiger partial charge in [0, 0.05) is 44.1 Å². The fourth-order valence-corrected chi connectivity index (χ4v) is 9.16. The monoisotopic (exact) mass is 741 g/mol. The van der Waals surface area contributed by atoms with Crippen molar-refractivity contribution in [1.82, 2.24) is 14.5 Å². The molecule has 0 amide bonds. The Kier molecular flexibility index (Phi) is 7.84. The average Bonchev–Trinajstić information content (AvgIpc) is 3.75. The lowest BCUT2D eigenvalue weighted by molar-refractivity contribution is 0.660. The number of para-hydroxylation sites is 2. The van der Waals surface area contributed by atoms with Gasteiger partial charge in [-0.15, -0.1) is 0 Å². The second kappa shape index (κ2) is 13.4. The fourth-order valence-electron chi connectivity index (χ4n) is 9.16. The van der Waals surface area contributed by atoms with Crippen molar-refractivity contribution >= 4 is 21.8 Å². The Morgan fingerprint density at radius 3 is 1.36 bits per heavy atom. The van der Waals surface area contributed by atoms with Crippen LogP contribution in [0.3, 0.4) is 0 Å². The van der Waals surface area contributed by atoms with Gasteiger partial charge < -0.3 is 4.57 Å². The lowest BCUT2D eigenvalue weighted by atomic mass is 9.81. The third-order valence-electron chi connectivity index (χ3n) is 12.0. The molecule has 0 saturated carbocycles. The van der Waals surface area contributed by atoms with Crippen LogP contribution in [0.5, 0.6) is 0 Å². The molecule has 58 heavy (non-hydrogen) atoms. The molecular weight excluding hydrogens is 703 g/mol. The standard InChI is InChI=1S/C55H39N3/c1-55(2)47-27-15-12-24-43(47)44-31-30-39(35-48(44)55)40-32-41(34-42(33-40)58-49-28-16-13-25-45(49)46-26-14-17-29-50(46)58)54-53(38-22-10-5-11-23-38)56-51(36-18-6-3-7-19-36)52(57-54)37-20-8-4-9-21-37/h3-35H,1-2H3. The third kappa shape index (κ3) is 5.43. The fraction of sp³-hybridized carbons (Fsp3) is 0.0545. The second-order valence-electron chi connectivity index (χ2n) is 15.8. The summed E-state index contributed by atoms with van der Waals surface area (Å²) < 4.78 is 2.41. The smallest absolute Gasteiger partial charge is 0.0974 e. The molecule has 0 radical (unpaired) electrons. The lowest BCUT2D eigenvalue weighted by Gasteiger charge is -2.22. The molecule has 0 unspecified atom stereocenters. The topological polar surface area (TPSA) is 30.7 Å². The van der Waals surface area contributed by atoms with Crippen molar-refractivity contribution < 1.29 is 0 Å². The lowest BCUT2D eigenvalue weighted by Crippen LogP contribution is -2.14. The molecule has 1 aliphatic rings. The van der Waals surface area contributed by atoms with Gasteiger partial charge in [-0.2, -0.15) is 0 Å². The van der Waals surface area contributed by atoms with Crippen molar-refractivity contribution in [2.24, 2.45) is 0 Å². The van der Waals surface area contributed by atoms with Crippen LogP contribution in [0.2, 0.25) is 0 Å².